The molecule has 2 rings (SSSR count). The fraction of sp³-hybridized carbons (Fsp3) is 0.118. The Kier molecular flexibility index (Phi) is 4.20. The van der Waals surface area contributed by atoms with E-state index in [1.54, 1.807) is 18.2 Å². The molecule has 0 saturated carbocycles. The molecule has 0 aliphatic carbocycles. The summed E-state index contributed by atoms with van der Waals surface area (Å²) in [5.74, 6) is -0.193. The summed E-state index contributed by atoms with van der Waals surface area (Å²) in [6.07, 6.45) is 3.18. The van der Waals surface area contributed by atoms with Crippen LogP contribution in [-0.4, -0.2) is 11.0 Å². The van der Waals surface area contributed by atoms with Gasteiger partial charge in [0.25, 0.3) is 0 Å². The number of phenols is 1. The van der Waals surface area contributed by atoms with Gasteiger partial charge in [-0.25, -0.2) is 0 Å². The van der Waals surface area contributed by atoms with Crippen molar-refractivity contribution in [1.82, 2.24) is 0 Å². The number of carbonyl (C=O) groups is 1. The monoisotopic (exact) mass is 267 g/mol. The molecule has 0 fully saturated rings. The van der Waals surface area contributed by atoms with Crippen LogP contribution in [0.4, 0.5) is 5.69 Å². The van der Waals surface area contributed by atoms with E-state index in [2.05, 4.69) is 5.32 Å². The minimum absolute atomic E-state index is 0.0783. The van der Waals surface area contributed by atoms with Crippen molar-refractivity contribution >= 4 is 17.7 Å². The van der Waals surface area contributed by atoms with Gasteiger partial charge in [0.15, 0.2) is 0 Å². The molecule has 3 nitrogen and oxygen atoms in total. The lowest BCUT2D eigenvalue weighted by Gasteiger charge is -2.08. The topological polar surface area (TPSA) is 49.3 Å². The maximum atomic E-state index is 11.8. The predicted molar refractivity (Wildman–Crippen MR) is 81.7 cm³/mol. The highest BCUT2D eigenvalue weighted by Crippen LogP contribution is 2.26. The molecule has 2 aromatic rings. The zero-order valence-electron chi connectivity index (χ0n) is 11.6. The molecular formula is C17H17NO2. The summed E-state index contributed by atoms with van der Waals surface area (Å²) < 4.78 is 0. The van der Waals surface area contributed by atoms with Crippen LogP contribution in [0.2, 0.25) is 0 Å². The van der Waals surface area contributed by atoms with Crippen LogP contribution in [0.5, 0.6) is 5.75 Å². The van der Waals surface area contributed by atoms with E-state index in [1.807, 2.05) is 44.2 Å². The molecule has 20 heavy (non-hydrogen) atoms. The first kappa shape index (κ1) is 13.9. The number of carbonyl (C=O) groups excluding carboxylic acids is 1. The highest BCUT2D eigenvalue weighted by Gasteiger charge is 2.06. The average Bonchev–Trinajstić information content (AvgIpc) is 2.44. The number of nitrogens with one attached hydrogen (secondary N) is 1. The average molecular weight is 267 g/mol. The highest BCUT2D eigenvalue weighted by molar-refractivity contribution is 6.02. The number of anilines is 1. The summed E-state index contributed by atoms with van der Waals surface area (Å²) in [6, 6.07) is 13.0. The second-order valence-electron chi connectivity index (χ2n) is 4.69. The SMILES string of the molecule is Cc1cc(O)c(NC(=O)/C=C/c2ccccc2)cc1C. The van der Waals surface area contributed by atoms with Crippen molar-refractivity contribution in [2.24, 2.45) is 0 Å². The molecule has 0 aromatic heterocycles. The van der Waals surface area contributed by atoms with E-state index in [0.717, 1.165) is 16.7 Å². The van der Waals surface area contributed by atoms with Crippen LogP contribution < -0.4 is 5.32 Å². The Morgan fingerprint density at radius 1 is 1.10 bits per heavy atom. The molecule has 0 spiro atoms. The molecule has 2 N–H and O–H groups in total. The van der Waals surface area contributed by atoms with E-state index >= 15 is 0 Å². The first-order valence-corrected chi connectivity index (χ1v) is 6.40. The van der Waals surface area contributed by atoms with Crippen molar-refractivity contribution in [3.05, 3.63) is 65.2 Å². The third kappa shape index (κ3) is 3.48. The van der Waals surface area contributed by atoms with Crippen LogP contribution in [0.15, 0.2) is 48.5 Å². The number of rotatable bonds is 3. The third-order valence-electron chi connectivity index (χ3n) is 3.10. The van der Waals surface area contributed by atoms with Gasteiger partial charge in [0, 0.05) is 6.08 Å². The lowest BCUT2D eigenvalue weighted by Crippen LogP contribution is -2.08. The first-order chi connectivity index (χ1) is 9.56. The Morgan fingerprint density at radius 2 is 1.75 bits per heavy atom. The minimum atomic E-state index is -0.271. The molecule has 3 heteroatoms. The number of hydrogen-bond acceptors (Lipinski definition) is 2. The van der Waals surface area contributed by atoms with Gasteiger partial charge in [-0.1, -0.05) is 30.3 Å². The molecule has 0 aliphatic heterocycles. The second kappa shape index (κ2) is 6.06. The number of amides is 1. The standard InChI is InChI=1S/C17H17NO2/c1-12-10-15(16(19)11-13(12)2)18-17(20)9-8-14-6-4-3-5-7-14/h3-11,19H,1-2H3,(H,18,20)/b9-8+. The van der Waals surface area contributed by atoms with E-state index in [0.29, 0.717) is 5.69 Å². The highest BCUT2D eigenvalue weighted by atomic mass is 16.3. The Labute approximate surface area is 118 Å². The number of aromatic hydroxyl groups is 1. The zero-order chi connectivity index (χ0) is 14.5. The summed E-state index contributed by atoms with van der Waals surface area (Å²) in [5, 5.41) is 12.5. The van der Waals surface area contributed by atoms with Gasteiger partial charge in [-0.3, -0.25) is 4.79 Å². The minimum Gasteiger partial charge on any atom is -0.506 e. The lowest BCUT2D eigenvalue weighted by molar-refractivity contribution is -0.111. The summed E-state index contributed by atoms with van der Waals surface area (Å²) in [6.45, 7) is 3.85. The van der Waals surface area contributed by atoms with E-state index in [-0.39, 0.29) is 11.7 Å². The molecule has 0 heterocycles. The van der Waals surface area contributed by atoms with Crippen molar-refractivity contribution < 1.29 is 9.90 Å². The Hall–Kier alpha value is -2.55. The normalized spacial score (nSPS) is 10.7. The number of benzene rings is 2. The molecule has 1 amide bonds. The van der Waals surface area contributed by atoms with Crippen molar-refractivity contribution in [2.75, 3.05) is 5.32 Å². The van der Waals surface area contributed by atoms with Gasteiger partial charge in [0.05, 0.1) is 5.69 Å². The number of phenolic OH excluding ortho intramolecular Hbond substituents is 1. The van der Waals surface area contributed by atoms with Crippen molar-refractivity contribution in [2.45, 2.75) is 13.8 Å². The second-order valence-corrected chi connectivity index (χ2v) is 4.69. The van der Waals surface area contributed by atoms with Gasteiger partial charge in [-0.2, -0.15) is 0 Å². The van der Waals surface area contributed by atoms with Crippen molar-refractivity contribution in [1.29, 1.82) is 0 Å². The number of aryl methyl sites for hydroxylation is 2. The third-order valence-corrected chi connectivity index (χ3v) is 3.10. The van der Waals surface area contributed by atoms with Crippen molar-refractivity contribution in [3.8, 4) is 5.75 Å². The molecule has 0 unspecified atom stereocenters. The largest absolute Gasteiger partial charge is 0.506 e. The van der Waals surface area contributed by atoms with Crippen LogP contribution in [-0.2, 0) is 4.79 Å². The maximum Gasteiger partial charge on any atom is 0.248 e. The van der Waals surface area contributed by atoms with Gasteiger partial charge in [-0.15, -0.1) is 0 Å². The molecule has 0 radical (unpaired) electrons. The zero-order valence-corrected chi connectivity index (χ0v) is 11.6. The van der Waals surface area contributed by atoms with Crippen molar-refractivity contribution in [3.63, 3.8) is 0 Å². The number of hydrogen-bond donors (Lipinski definition) is 2. The molecule has 0 saturated heterocycles. The fourth-order valence-electron chi connectivity index (χ4n) is 1.81. The predicted octanol–water partition coefficient (Wildman–Crippen LogP) is 3.66. The van der Waals surface area contributed by atoms with E-state index in [1.165, 1.54) is 6.08 Å². The lowest BCUT2D eigenvalue weighted by atomic mass is 10.1. The summed E-state index contributed by atoms with van der Waals surface area (Å²) in [5.41, 5.74) is 3.38. The molecule has 0 aliphatic rings. The Morgan fingerprint density at radius 3 is 2.45 bits per heavy atom. The van der Waals surface area contributed by atoms with E-state index in [4.69, 9.17) is 0 Å². The van der Waals surface area contributed by atoms with Crippen LogP contribution in [0.3, 0.4) is 0 Å². The van der Waals surface area contributed by atoms with E-state index in [9.17, 15) is 9.90 Å². The Bertz CT molecular complexity index is 646. The van der Waals surface area contributed by atoms with Crippen LogP contribution in [0, 0.1) is 13.8 Å². The van der Waals surface area contributed by atoms with Crippen LogP contribution in [0.25, 0.3) is 6.08 Å². The first-order valence-electron chi connectivity index (χ1n) is 6.40. The van der Waals surface area contributed by atoms with Gasteiger partial charge in [0.2, 0.25) is 5.91 Å². The molecule has 102 valence electrons. The van der Waals surface area contributed by atoms with Gasteiger partial charge in [0.1, 0.15) is 5.75 Å². The van der Waals surface area contributed by atoms with Gasteiger partial charge < -0.3 is 10.4 Å². The summed E-state index contributed by atoms with van der Waals surface area (Å²) >= 11 is 0. The fourth-order valence-corrected chi connectivity index (χ4v) is 1.81. The molecule has 0 atom stereocenters. The molecule has 0 bridgehead atoms. The quantitative estimate of drug-likeness (QED) is 0.658. The maximum absolute atomic E-state index is 11.8. The van der Waals surface area contributed by atoms with E-state index < -0.39 is 0 Å². The summed E-state index contributed by atoms with van der Waals surface area (Å²) in [4.78, 5) is 11.8. The molecular weight excluding hydrogens is 250 g/mol. The smallest absolute Gasteiger partial charge is 0.248 e. The van der Waals surface area contributed by atoms with Crippen LogP contribution in [0.1, 0.15) is 16.7 Å². The van der Waals surface area contributed by atoms with Gasteiger partial charge in [-0.05, 0) is 48.7 Å². The van der Waals surface area contributed by atoms with Gasteiger partial charge >= 0.3 is 0 Å². The Balaban J connectivity index is 2.09. The summed E-state index contributed by atoms with van der Waals surface area (Å²) in [7, 11) is 0. The molecule has 2 aromatic carbocycles. The van der Waals surface area contributed by atoms with Crippen LogP contribution >= 0.6 is 0 Å².